The van der Waals surface area contributed by atoms with Gasteiger partial charge in [-0.1, -0.05) is 5.16 Å². The van der Waals surface area contributed by atoms with Crippen molar-refractivity contribution in [2.45, 2.75) is 37.4 Å². The highest BCUT2D eigenvalue weighted by Crippen LogP contribution is 2.43. The van der Waals surface area contributed by atoms with Gasteiger partial charge in [0.25, 0.3) is 5.89 Å². The zero-order chi connectivity index (χ0) is 12.8. The van der Waals surface area contributed by atoms with E-state index in [9.17, 15) is 5.11 Å². The molecule has 0 aromatic carbocycles. The van der Waals surface area contributed by atoms with E-state index in [0.29, 0.717) is 17.6 Å². The van der Waals surface area contributed by atoms with E-state index in [1.807, 2.05) is 0 Å². The fourth-order valence-electron chi connectivity index (χ4n) is 2.95. The molecule has 2 aliphatic heterocycles. The van der Waals surface area contributed by atoms with Crippen LogP contribution < -0.4 is 0 Å². The van der Waals surface area contributed by atoms with Crippen molar-refractivity contribution in [1.29, 1.82) is 0 Å². The lowest BCUT2D eigenvalue weighted by atomic mass is 9.89. The van der Waals surface area contributed by atoms with Crippen molar-refractivity contribution >= 4 is 0 Å². The molecule has 98 valence electrons. The van der Waals surface area contributed by atoms with E-state index in [1.165, 1.54) is 0 Å². The Labute approximate surface area is 109 Å². The highest BCUT2D eigenvalue weighted by Gasteiger charge is 2.43. The van der Waals surface area contributed by atoms with Crippen LogP contribution >= 0.6 is 0 Å². The van der Waals surface area contributed by atoms with Gasteiger partial charge in [-0.15, -0.1) is 0 Å². The topological polar surface area (TPSA) is 81.3 Å². The first-order chi connectivity index (χ1) is 9.31. The summed E-state index contributed by atoms with van der Waals surface area (Å²) >= 11 is 0. The van der Waals surface area contributed by atoms with Crippen LogP contribution in [0, 0.1) is 0 Å². The number of rotatable bonds is 2. The third kappa shape index (κ3) is 1.71. The largest absolute Gasteiger partial charge is 0.505 e. The minimum atomic E-state index is 0.0434. The van der Waals surface area contributed by atoms with E-state index in [4.69, 9.17) is 9.26 Å². The molecular formula is C13H13N3O3. The fraction of sp³-hybridized carbons (Fsp3) is 0.462. The molecule has 19 heavy (non-hydrogen) atoms. The summed E-state index contributed by atoms with van der Waals surface area (Å²) in [6.45, 7) is 0. The smallest absolute Gasteiger partial charge is 0.280 e. The molecule has 0 radical (unpaired) electrons. The Balaban J connectivity index is 1.65. The highest BCUT2D eigenvalue weighted by atomic mass is 16.5. The molecule has 6 nitrogen and oxygen atoms in total. The van der Waals surface area contributed by atoms with Gasteiger partial charge in [-0.2, -0.15) is 4.98 Å². The summed E-state index contributed by atoms with van der Waals surface area (Å²) < 4.78 is 11.0. The fourth-order valence-corrected chi connectivity index (χ4v) is 2.95. The van der Waals surface area contributed by atoms with Crippen LogP contribution in [0.25, 0.3) is 11.6 Å². The molecule has 2 aromatic rings. The second-order valence-electron chi connectivity index (χ2n) is 5.04. The van der Waals surface area contributed by atoms with Gasteiger partial charge in [0, 0.05) is 6.20 Å². The van der Waals surface area contributed by atoms with Crippen molar-refractivity contribution in [3.05, 3.63) is 24.2 Å². The van der Waals surface area contributed by atoms with E-state index in [-0.39, 0.29) is 23.7 Å². The first-order valence-electron chi connectivity index (χ1n) is 6.44. The molecule has 2 aliphatic rings. The molecule has 0 spiro atoms. The number of pyridine rings is 1. The van der Waals surface area contributed by atoms with Gasteiger partial charge in [0.05, 0.1) is 18.1 Å². The minimum absolute atomic E-state index is 0.0434. The summed E-state index contributed by atoms with van der Waals surface area (Å²) in [5, 5.41) is 13.7. The van der Waals surface area contributed by atoms with Gasteiger partial charge in [-0.05, 0) is 31.4 Å². The van der Waals surface area contributed by atoms with Gasteiger partial charge < -0.3 is 14.4 Å². The molecule has 2 saturated heterocycles. The SMILES string of the molecule is Oc1cccnc1-c1nc(C2CC3CCC2O3)no1. The third-order valence-electron chi connectivity index (χ3n) is 3.87. The van der Waals surface area contributed by atoms with Crippen LogP contribution in [0.1, 0.15) is 31.0 Å². The second kappa shape index (κ2) is 4.03. The first kappa shape index (κ1) is 10.9. The van der Waals surface area contributed by atoms with Crippen molar-refractivity contribution < 1.29 is 14.4 Å². The van der Waals surface area contributed by atoms with Gasteiger partial charge in [-0.25, -0.2) is 4.98 Å². The summed E-state index contributed by atoms with van der Waals surface area (Å²) in [6.07, 6.45) is 5.30. The van der Waals surface area contributed by atoms with Crippen molar-refractivity contribution in [3.8, 4) is 17.3 Å². The Bertz CT molecular complexity index is 613. The molecule has 3 unspecified atom stereocenters. The van der Waals surface area contributed by atoms with Crippen LogP contribution in [0.2, 0.25) is 0 Å². The minimum Gasteiger partial charge on any atom is -0.505 e. The zero-order valence-electron chi connectivity index (χ0n) is 10.2. The number of hydrogen-bond donors (Lipinski definition) is 1. The Morgan fingerprint density at radius 2 is 2.26 bits per heavy atom. The van der Waals surface area contributed by atoms with Crippen molar-refractivity contribution in [3.63, 3.8) is 0 Å². The van der Waals surface area contributed by atoms with Crippen molar-refractivity contribution in [1.82, 2.24) is 15.1 Å². The highest BCUT2D eigenvalue weighted by molar-refractivity contribution is 5.55. The normalized spacial score (nSPS) is 28.9. The van der Waals surface area contributed by atoms with Crippen LogP contribution in [0.5, 0.6) is 5.75 Å². The van der Waals surface area contributed by atoms with E-state index in [1.54, 1.807) is 18.3 Å². The molecular weight excluding hydrogens is 246 g/mol. The molecule has 2 bridgehead atoms. The number of ether oxygens (including phenoxy) is 1. The summed E-state index contributed by atoms with van der Waals surface area (Å²) in [7, 11) is 0. The van der Waals surface area contributed by atoms with E-state index < -0.39 is 0 Å². The maximum Gasteiger partial charge on any atom is 0.280 e. The molecule has 0 saturated carbocycles. The van der Waals surface area contributed by atoms with Crippen molar-refractivity contribution in [2.24, 2.45) is 0 Å². The molecule has 4 rings (SSSR count). The number of aromatic hydroxyl groups is 1. The predicted octanol–water partition coefficient (Wildman–Crippen LogP) is 1.87. The maximum absolute atomic E-state index is 9.73. The molecule has 1 N–H and O–H groups in total. The summed E-state index contributed by atoms with van der Waals surface area (Å²) in [5.74, 6) is 1.17. The Morgan fingerprint density at radius 3 is 3.00 bits per heavy atom. The number of aromatic nitrogens is 3. The lowest BCUT2D eigenvalue weighted by Crippen LogP contribution is -2.15. The Kier molecular flexibility index (Phi) is 2.32. The second-order valence-corrected chi connectivity index (χ2v) is 5.04. The number of fused-ring (bicyclic) bond motifs is 2. The van der Waals surface area contributed by atoms with Crippen LogP contribution in [-0.4, -0.2) is 32.4 Å². The van der Waals surface area contributed by atoms with Crippen molar-refractivity contribution in [2.75, 3.05) is 0 Å². The summed E-state index contributed by atoms with van der Waals surface area (Å²) in [6, 6.07) is 3.20. The van der Waals surface area contributed by atoms with Gasteiger partial charge in [0.2, 0.25) is 0 Å². The van der Waals surface area contributed by atoms with Gasteiger partial charge >= 0.3 is 0 Å². The zero-order valence-corrected chi connectivity index (χ0v) is 10.2. The molecule has 4 heterocycles. The third-order valence-corrected chi connectivity index (χ3v) is 3.87. The monoisotopic (exact) mass is 259 g/mol. The predicted molar refractivity (Wildman–Crippen MR) is 64.4 cm³/mol. The molecule has 6 heteroatoms. The van der Waals surface area contributed by atoms with E-state index >= 15 is 0 Å². The number of hydrogen-bond acceptors (Lipinski definition) is 6. The van der Waals surface area contributed by atoms with E-state index in [0.717, 1.165) is 19.3 Å². The maximum atomic E-state index is 9.73. The molecule has 2 fully saturated rings. The standard InChI is InChI=1S/C13H13N3O3/c17-9-2-1-5-14-11(9)13-15-12(16-19-13)8-6-7-3-4-10(8)18-7/h1-2,5,7-8,10,17H,3-4,6H2. The molecule has 0 aliphatic carbocycles. The lowest BCUT2D eigenvalue weighted by Gasteiger charge is -2.13. The van der Waals surface area contributed by atoms with Crippen LogP contribution in [-0.2, 0) is 4.74 Å². The van der Waals surface area contributed by atoms with E-state index in [2.05, 4.69) is 15.1 Å². The molecule has 2 aromatic heterocycles. The van der Waals surface area contributed by atoms with Gasteiger partial charge in [-0.3, -0.25) is 0 Å². The quantitative estimate of drug-likeness (QED) is 0.886. The van der Waals surface area contributed by atoms with Gasteiger partial charge in [0.15, 0.2) is 11.5 Å². The lowest BCUT2D eigenvalue weighted by molar-refractivity contribution is 0.0996. The average molecular weight is 259 g/mol. The Hall–Kier alpha value is -1.95. The summed E-state index contributed by atoms with van der Waals surface area (Å²) in [4.78, 5) is 8.42. The van der Waals surface area contributed by atoms with Crippen LogP contribution in [0.15, 0.2) is 22.9 Å². The molecule has 0 amide bonds. The van der Waals surface area contributed by atoms with Crippen LogP contribution in [0.4, 0.5) is 0 Å². The van der Waals surface area contributed by atoms with Crippen LogP contribution in [0.3, 0.4) is 0 Å². The average Bonchev–Trinajstić information content (AvgIpc) is 3.15. The van der Waals surface area contributed by atoms with Gasteiger partial charge in [0.1, 0.15) is 5.75 Å². The summed E-state index contributed by atoms with van der Waals surface area (Å²) in [5.41, 5.74) is 0.324. The Morgan fingerprint density at radius 1 is 1.32 bits per heavy atom. The molecule has 3 atom stereocenters. The number of nitrogens with zero attached hydrogens (tertiary/aromatic N) is 3. The first-order valence-corrected chi connectivity index (χ1v) is 6.44.